The van der Waals surface area contributed by atoms with E-state index in [2.05, 4.69) is 0 Å². The third-order valence-electron chi connectivity index (χ3n) is 3.03. The molecule has 0 unspecified atom stereocenters. The van der Waals surface area contributed by atoms with Crippen LogP contribution < -0.4 is 9.47 Å². The van der Waals surface area contributed by atoms with Crippen molar-refractivity contribution in [3.05, 3.63) is 53.6 Å². The molecular formula is C16H16O4. The summed E-state index contributed by atoms with van der Waals surface area (Å²) >= 11 is 0. The predicted octanol–water partition coefficient (Wildman–Crippen LogP) is 2.83. The highest BCUT2D eigenvalue weighted by Gasteiger charge is 2.12. The molecule has 2 aromatic rings. The average Bonchev–Trinajstić information content (AvgIpc) is 2.47. The molecule has 0 fully saturated rings. The van der Waals surface area contributed by atoms with Crippen molar-refractivity contribution in [3.63, 3.8) is 0 Å². The molecule has 0 spiro atoms. The van der Waals surface area contributed by atoms with Crippen LogP contribution in [0.5, 0.6) is 17.2 Å². The first-order chi connectivity index (χ1) is 9.63. The van der Waals surface area contributed by atoms with Crippen molar-refractivity contribution in [2.75, 3.05) is 14.2 Å². The van der Waals surface area contributed by atoms with E-state index in [9.17, 15) is 9.90 Å². The number of benzene rings is 2. The molecule has 0 aliphatic rings. The molecule has 0 heterocycles. The molecule has 0 atom stereocenters. The van der Waals surface area contributed by atoms with Gasteiger partial charge in [0.25, 0.3) is 0 Å². The van der Waals surface area contributed by atoms with Gasteiger partial charge in [-0.2, -0.15) is 0 Å². The lowest BCUT2D eigenvalue weighted by Crippen LogP contribution is -2.04. The molecular weight excluding hydrogens is 256 g/mol. The number of hydrogen-bond donors (Lipinski definition) is 1. The maximum Gasteiger partial charge on any atom is 0.170 e. The molecule has 4 heteroatoms. The normalized spacial score (nSPS) is 10.1. The number of methoxy groups -OCH3 is 2. The number of hydrogen-bond acceptors (Lipinski definition) is 4. The van der Waals surface area contributed by atoms with E-state index in [4.69, 9.17) is 9.47 Å². The van der Waals surface area contributed by atoms with Crippen molar-refractivity contribution in [1.82, 2.24) is 0 Å². The van der Waals surface area contributed by atoms with Crippen molar-refractivity contribution in [2.45, 2.75) is 6.42 Å². The number of carbonyl (C=O) groups is 1. The van der Waals surface area contributed by atoms with Gasteiger partial charge in [0.05, 0.1) is 19.8 Å². The lowest BCUT2D eigenvalue weighted by molar-refractivity contribution is 0.0990. The quantitative estimate of drug-likeness (QED) is 0.850. The maximum absolute atomic E-state index is 12.2. The van der Waals surface area contributed by atoms with Crippen LogP contribution in [0, 0.1) is 0 Å². The number of ketones is 1. The van der Waals surface area contributed by atoms with E-state index in [1.807, 2.05) is 12.1 Å². The zero-order valence-corrected chi connectivity index (χ0v) is 11.4. The van der Waals surface area contributed by atoms with E-state index >= 15 is 0 Å². The molecule has 0 amide bonds. The number of Topliss-reactive ketones (excluding diaryl/α,β-unsaturated/α-hetero) is 1. The zero-order valence-electron chi connectivity index (χ0n) is 11.4. The molecule has 0 saturated carbocycles. The van der Waals surface area contributed by atoms with Gasteiger partial charge in [-0.25, -0.2) is 0 Å². The smallest absolute Gasteiger partial charge is 0.170 e. The van der Waals surface area contributed by atoms with Gasteiger partial charge in [0.15, 0.2) is 5.78 Å². The van der Waals surface area contributed by atoms with Crippen molar-refractivity contribution in [3.8, 4) is 17.2 Å². The van der Waals surface area contributed by atoms with Gasteiger partial charge in [0.2, 0.25) is 0 Å². The fourth-order valence-electron chi connectivity index (χ4n) is 1.90. The van der Waals surface area contributed by atoms with E-state index in [1.54, 1.807) is 31.4 Å². The molecule has 4 nitrogen and oxygen atoms in total. The Kier molecular flexibility index (Phi) is 4.25. The lowest BCUT2D eigenvalue weighted by Gasteiger charge is -2.07. The molecule has 1 N–H and O–H groups in total. The van der Waals surface area contributed by atoms with Crippen molar-refractivity contribution in [2.24, 2.45) is 0 Å². The highest BCUT2D eigenvalue weighted by molar-refractivity contribution is 6.00. The largest absolute Gasteiger partial charge is 0.507 e. The summed E-state index contributed by atoms with van der Waals surface area (Å²) in [5, 5.41) is 9.83. The number of carbonyl (C=O) groups excluding carboxylic acids is 1. The summed E-state index contributed by atoms with van der Waals surface area (Å²) in [6, 6.07) is 11.9. The molecule has 2 rings (SSSR count). The van der Waals surface area contributed by atoms with Crippen LogP contribution in [0.2, 0.25) is 0 Å². The predicted molar refractivity (Wildman–Crippen MR) is 75.7 cm³/mol. The van der Waals surface area contributed by atoms with Crippen LogP contribution in [-0.4, -0.2) is 25.1 Å². The first-order valence-corrected chi connectivity index (χ1v) is 6.17. The van der Waals surface area contributed by atoms with Gasteiger partial charge in [0, 0.05) is 12.5 Å². The van der Waals surface area contributed by atoms with Gasteiger partial charge in [-0.15, -0.1) is 0 Å². The van der Waals surface area contributed by atoms with E-state index in [0.29, 0.717) is 11.3 Å². The Bertz CT molecular complexity index is 602. The highest BCUT2D eigenvalue weighted by atomic mass is 16.5. The Labute approximate surface area is 117 Å². The molecule has 0 bridgehead atoms. The minimum Gasteiger partial charge on any atom is -0.507 e. The summed E-state index contributed by atoms with van der Waals surface area (Å²) in [6.45, 7) is 0. The Morgan fingerprint density at radius 1 is 1.00 bits per heavy atom. The topological polar surface area (TPSA) is 55.8 Å². The monoisotopic (exact) mass is 272 g/mol. The third-order valence-corrected chi connectivity index (χ3v) is 3.03. The van der Waals surface area contributed by atoms with Crippen LogP contribution in [0.15, 0.2) is 42.5 Å². The van der Waals surface area contributed by atoms with Gasteiger partial charge >= 0.3 is 0 Å². The second-order valence-corrected chi connectivity index (χ2v) is 4.33. The first-order valence-electron chi connectivity index (χ1n) is 6.17. The Hall–Kier alpha value is -2.49. The van der Waals surface area contributed by atoms with Crippen LogP contribution in [0.1, 0.15) is 15.9 Å². The zero-order chi connectivity index (χ0) is 14.5. The SMILES string of the molecule is COc1ccc(CC(=O)c2ccc(OC)cc2O)cc1. The van der Waals surface area contributed by atoms with Crippen LogP contribution in [0.25, 0.3) is 0 Å². The van der Waals surface area contributed by atoms with Crippen molar-refractivity contribution < 1.29 is 19.4 Å². The van der Waals surface area contributed by atoms with Gasteiger partial charge in [-0.3, -0.25) is 4.79 Å². The number of rotatable bonds is 5. The lowest BCUT2D eigenvalue weighted by atomic mass is 10.0. The van der Waals surface area contributed by atoms with Gasteiger partial charge < -0.3 is 14.6 Å². The summed E-state index contributed by atoms with van der Waals surface area (Å²) in [5.41, 5.74) is 1.16. The molecule has 0 aliphatic heterocycles. The van der Waals surface area contributed by atoms with E-state index in [-0.39, 0.29) is 18.0 Å². The van der Waals surface area contributed by atoms with Gasteiger partial charge in [0.1, 0.15) is 17.2 Å². The van der Waals surface area contributed by atoms with Crippen molar-refractivity contribution >= 4 is 5.78 Å². The van der Waals surface area contributed by atoms with Crippen LogP contribution in [0.4, 0.5) is 0 Å². The summed E-state index contributed by atoms with van der Waals surface area (Å²) in [5.74, 6) is 1.05. The van der Waals surface area contributed by atoms with Crippen LogP contribution in [0.3, 0.4) is 0 Å². The number of aromatic hydroxyl groups is 1. The summed E-state index contributed by atoms with van der Waals surface area (Å²) < 4.78 is 10.1. The van der Waals surface area contributed by atoms with E-state index in [1.165, 1.54) is 13.2 Å². The molecule has 20 heavy (non-hydrogen) atoms. The van der Waals surface area contributed by atoms with E-state index in [0.717, 1.165) is 11.3 Å². The molecule has 104 valence electrons. The minimum atomic E-state index is -0.143. The maximum atomic E-state index is 12.2. The van der Waals surface area contributed by atoms with Gasteiger partial charge in [-0.1, -0.05) is 12.1 Å². The van der Waals surface area contributed by atoms with Crippen molar-refractivity contribution in [1.29, 1.82) is 0 Å². The second kappa shape index (κ2) is 6.10. The fraction of sp³-hybridized carbons (Fsp3) is 0.188. The third kappa shape index (κ3) is 3.09. The molecule has 0 saturated heterocycles. The molecule has 0 aliphatic carbocycles. The van der Waals surface area contributed by atoms with Gasteiger partial charge in [-0.05, 0) is 29.8 Å². The average molecular weight is 272 g/mol. The fourth-order valence-corrected chi connectivity index (χ4v) is 1.90. The molecule has 2 aromatic carbocycles. The summed E-state index contributed by atoms with van der Waals surface area (Å²) in [7, 11) is 3.10. The Morgan fingerprint density at radius 3 is 2.15 bits per heavy atom. The summed E-state index contributed by atoms with van der Waals surface area (Å²) in [4.78, 5) is 12.2. The highest BCUT2D eigenvalue weighted by Crippen LogP contribution is 2.25. The number of phenolic OH excluding ortho intramolecular Hbond substituents is 1. The first kappa shape index (κ1) is 13.9. The second-order valence-electron chi connectivity index (χ2n) is 4.33. The minimum absolute atomic E-state index is 0.0668. The standard InChI is InChI=1S/C16H16O4/c1-19-12-5-3-11(4-6-12)9-15(17)14-8-7-13(20-2)10-16(14)18/h3-8,10,18H,9H2,1-2H3. The van der Waals surface area contributed by atoms with Crippen LogP contribution in [-0.2, 0) is 6.42 Å². The Balaban J connectivity index is 2.14. The number of phenols is 1. The number of ether oxygens (including phenoxy) is 2. The van der Waals surface area contributed by atoms with Crippen LogP contribution >= 0.6 is 0 Å². The summed E-state index contributed by atoms with van der Waals surface area (Å²) in [6.07, 6.45) is 0.226. The molecule has 0 aromatic heterocycles. The molecule has 0 radical (unpaired) electrons. The van der Waals surface area contributed by atoms with E-state index < -0.39 is 0 Å². The Morgan fingerprint density at radius 2 is 1.60 bits per heavy atom.